The van der Waals surface area contributed by atoms with Crippen LogP contribution in [0.15, 0.2) is 53.7 Å². The Balaban J connectivity index is 2.06. The summed E-state index contributed by atoms with van der Waals surface area (Å²) in [6.45, 7) is 0. The molecule has 22 heavy (non-hydrogen) atoms. The largest absolute Gasteiger partial charge is 0.265 e. The first-order valence-corrected chi connectivity index (χ1v) is 9.41. The third-order valence-corrected chi connectivity index (χ3v) is 6.85. The van der Waals surface area contributed by atoms with E-state index in [0.717, 1.165) is 31.2 Å². The predicted molar refractivity (Wildman–Crippen MR) is 87.6 cm³/mol. The zero-order chi connectivity index (χ0) is 15.6. The SMILES string of the molecule is O=S(=O)(c1ccc(Cl)cc1)C(c1ccncc1)C1CCCC1. The molecular weight excluding hydrogens is 318 g/mol. The lowest BCUT2D eigenvalue weighted by Crippen LogP contribution is -2.21. The van der Waals surface area contributed by atoms with Crippen LogP contribution in [0.3, 0.4) is 0 Å². The molecule has 0 saturated heterocycles. The number of aromatic nitrogens is 1. The van der Waals surface area contributed by atoms with Crippen LogP contribution in [0.25, 0.3) is 0 Å². The second kappa shape index (κ2) is 6.39. The average Bonchev–Trinajstić information content (AvgIpc) is 3.02. The van der Waals surface area contributed by atoms with E-state index in [1.54, 1.807) is 36.7 Å². The first kappa shape index (κ1) is 15.5. The first-order chi connectivity index (χ1) is 10.6. The molecule has 0 amide bonds. The van der Waals surface area contributed by atoms with Gasteiger partial charge in [0.25, 0.3) is 0 Å². The molecule has 116 valence electrons. The summed E-state index contributed by atoms with van der Waals surface area (Å²) in [4.78, 5) is 4.35. The molecule has 0 N–H and O–H groups in total. The Labute approximate surface area is 136 Å². The van der Waals surface area contributed by atoms with Crippen molar-refractivity contribution in [2.24, 2.45) is 5.92 Å². The van der Waals surface area contributed by atoms with Gasteiger partial charge in [-0.3, -0.25) is 4.98 Å². The second-order valence-electron chi connectivity index (χ2n) is 5.74. The fourth-order valence-corrected chi connectivity index (χ4v) is 5.52. The van der Waals surface area contributed by atoms with Gasteiger partial charge in [-0.1, -0.05) is 24.4 Å². The van der Waals surface area contributed by atoms with Crippen LogP contribution in [0.2, 0.25) is 5.02 Å². The topological polar surface area (TPSA) is 47.0 Å². The van der Waals surface area contributed by atoms with Gasteiger partial charge in [-0.15, -0.1) is 0 Å². The molecule has 1 aromatic heterocycles. The van der Waals surface area contributed by atoms with Gasteiger partial charge in [0.15, 0.2) is 9.84 Å². The molecule has 1 heterocycles. The molecular formula is C17H18ClNO2S. The minimum atomic E-state index is -3.44. The zero-order valence-corrected chi connectivity index (χ0v) is 13.7. The van der Waals surface area contributed by atoms with Crippen LogP contribution in [0, 0.1) is 5.92 Å². The summed E-state index contributed by atoms with van der Waals surface area (Å²) in [7, 11) is -3.44. The van der Waals surface area contributed by atoms with Crippen molar-refractivity contribution in [2.75, 3.05) is 0 Å². The van der Waals surface area contributed by atoms with E-state index in [1.807, 2.05) is 12.1 Å². The van der Waals surface area contributed by atoms with Gasteiger partial charge >= 0.3 is 0 Å². The van der Waals surface area contributed by atoms with Crippen molar-refractivity contribution < 1.29 is 8.42 Å². The lowest BCUT2D eigenvalue weighted by molar-refractivity contribution is 0.492. The molecule has 2 aromatic rings. The van der Waals surface area contributed by atoms with E-state index in [2.05, 4.69) is 4.98 Å². The van der Waals surface area contributed by atoms with E-state index in [0.29, 0.717) is 9.92 Å². The first-order valence-electron chi connectivity index (χ1n) is 7.48. The van der Waals surface area contributed by atoms with E-state index in [9.17, 15) is 8.42 Å². The molecule has 1 aromatic carbocycles. The Bertz CT molecular complexity index is 723. The van der Waals surface area contributed by atoms with Crippen LogP contribution < -0.4 is 0 Å². The maximum Gasteiger partial charge on any atom is 0.185 e. The van der Waals surface area contributed by atoms with Crippen molar-refractivity contribution in [3.8, 4) is 0 Å². The highest BCUT2D eigenvalue weighted by Crippen LogP contribution is 2.43. The highest BCUT2D eigenvalue weighted by Gasteiger charge is 2.37. The van der Waals surface area contributed by atoms with Crippen LogP contribution in [0.5, 0.6) is 0 Å². The minimum absolute atomic E-state index is 0.170. The summed E-state index contributed by atoms with van der Waals surface area (Å²) < 4.78 is 26.3. The molecule has 1 fully saturated rings. The van der Waals surface area contributed by atoms with E-state index in [1.165, 1.54) is 0 Å². The van der Waals surface area contributed by atoms with Crippen LogP contribution >= 0.6 is 11.6 Å². The van der Waals surface area contributed by atoms with E-state index in [4.69, 9.17) is 11.6 Å². The van der Waals surface area contributed by atoms with Gasteiger partial charge in [0, 0.05) is 17.4 Å². The number of sulfone groups is 1. The standard InChI is InChI=1S/C17H18ClNO2S/c18-15-5-7-16(8-6-15)22(20,21)17(13-3-1-2-4-13)14-9-11-19-12-10-14/h5-13,17H,1-4H2. The maximum absolute atomic E-state index is 13.2. The summed E-state index contributed by atoms with van der Waals surface area (Å²) in [5.74, 6) is 0.170. The van der Waals surface area contributed by atoms with E-state index in [-0.39, 0.29) is 5.92 Å². The van der Waals surface area contributed by atoms with Crippen molar-refractivity contribution >= 4 is 21.4 Å². The van der Waals surface area contributed by atoms with Gasteiger partial charge in [0.05, 0.1) is 10.1 Å². The third-order valence-electron chi connectivity index (χ3n) is 4.34. The summed E-state index contributed by atoms with van der Waals surface area (Å²) in [6.07, 6.45) is 7.44. The zero-order valence-electron chi connectivity index (χ0n) is 12.2. The van der Waals surface area contributed by atoms with Crippen molar-refractivity contribution in [1.82, 2.24) is 4.98 Å². The van der Waals surface area contributed by atoms with E-state index < -0.39 is 15.1 Å². The van der Waals surface area contributed by atoms with Gasteiger partial charge in [-0.25, -0.2) is 8.42 Å². The Morgan fingerprint density at radius 2 is 1.59 bits per heavy atom. The number of nitrogens with zero attached hydrogens (tertiary/aromatic N) is 1. The predicted octanol–water partition coefficient (Wildman–Crippen LogP) is 4.44. The molecule has 3 nitrogen and oxygen atoms in total. The van der Waals surface area contributed by atoms with Crippen LogP contribution in [0.1, 0.15) is 36.5 Å². The van der Waals surface area contributed by atoms with Gasteiger partial charge in [0.2, 0.25) is 0 Å². The van der Waals surface area contributed by atoms with Gasteiger partial charge in [-0.2, -0.15) is 0 Å². The number of hydrogen-bond donors (Lipinski definition) is 0. The molecule has 0 spiro atoms. The average molecular weight is 336 g/mol. The normalized spacial score (nSPS) is 17.5. The smallest absolute Gasteiger partial charge is 0.185 e. The monoisotopic (exact) mass is 335 g/mol. The number of halogens is 1. The molecule has 1 aliphatic rings. The molecule has 3 rings (SSSR count). The van der Waals surface area contributed by atoms with Crippen molar-refractivity contribution in [3.63, 3.8) is 0 Å². The molecule has 1 unspecified atom stereocenters. The summed E-state index contributed by atoms with van der Waals surface area (Å²) in [5.41, 5.74) is 0.830. The lowest BCUT2D eigenvalue weighted by Gasteiger charge is -2.24. The molecule has 1 aliphatic carbocycles. The van der Waals surface area contributed by atoms with E-state index >= 15 is 0 Å². The summed E-state index contributed by atoms with van der Waals surface area (Å²) in [6, 6.07) is 10.1. The minimum Gasteiger partial charge on any atom is -0.265 e. The van der Waals surface area contributed by atoms with Crippen molar-refractivity contribution in [1.29, 1.82) is 0 Å². The highest BCUT2D eigenvalue weighted by atomic mass is 35.5. The fraction of sp³-hybridized carbons (Fsp3) is 0.353. The Hall–Kier alpha value is -1.39. The van der Waals surface area contributed by atoms with Gasteiger partial charge in [0.1, 0.15) is 0 Å². The van der Waals surface area contributed by atoms with Gasteiger partial charge in [-0.05, 0) is 60.7 Å². The summed E-state index contributed by atoms with van der Waals surface area (Å²) >= 11 is 5.88. The molecule has 5 heteroatoms. The number of pyridine rings is 1. The molecule has 1 saturated carbocycles. The number of hydrogen-bond acceptors (Lipinski definition) is 3. The third kappa shape index (κ3) is 3.03. The Morgan fingerprint density at radius 3 is 2.18 bits per heavy atom. The van der Waals surface area contributed by atoms with Crippen LogP contribution in [-0.2, 0) is 9.84 Å². The molecule has 0 aliphatic heterocycles. The number of rotatable bonds is 4. The Kier molecular flexibility index (Phi) is 4.50. The second-order valence-corrected chi connectivity index (χ2v) is 8.25. The fourth-order valence-electron chi connectivity index (χ4n) is 3.29. The quantitative estimate of drug-likeness (QED) is 0.829. The van der Waals surface area contributed by atoms with Gasteiger partial charge < -0.3 is 0 Å². The van der Waals surface area contributed by atoms with Crippen LogP contribution in [0.4, 0.5) is 0 Å². The number of benzene rings is 1. The molecule has 0 radical (unpaired) electrons. The summed E-state index contributed by atoms with van der Waals surface area (Å²) in [5, 5.41) is 0.0412. The Morgan fingerprint density at radius 1 is 1.00 bits per heavy atom. The highest BCUT2D eigenvalue weighted by molar-refractivity contribution is 7.91. The molecule has 1 atom stereocenters. The lowest BCUT2D eigenvalue weighted by atomic mass is 9.98. The van der Waals surface area contributed by atoms with Crippen molar-refractivity contribution in [3.05, 3.63) is 59.4 Å². The molecule has 0 bridgehead atoms. The van der Waals surface area contributed by atoms with Crippen LogP contribution in [-0.4, -0.2) is 13.4 Å². The maximum atomic E-state index is 13.2. The van der Waals surface area contributed by atoms with Crippen molar-refractivity contribution in [2.45, 2.75) is 35.8 Å².